The number of carbonyl (C=O) groups is 2. The number of ether oxygens (including phenoxy) is 1. The summed E-state index contributed by atoms with van der Waals surface area (Å²) >= 11 is 0. The van der Waals surface area contributed by atoms with Gasteiger partial charge in [0.25, 0.3) is 0 Å². The van der Waals surface area contributed by atoms with E-state index in [4.69, 9.17) is 9.84 Å². The topological polar surface area (TPSA) is 63.6 Å². The zero-order valence-electron chi connectivity index (χ0n) is 28.6. The molecule has 0 aliphatic heterocycles. The molecule has 0 bridgehead atoms. The van der Waals surface area contributed by atoms with Crippen LogP contribution in [0.1, 0.15) is 226 Å². The summed E-state index contributed by atoms with van der Waals surface area (Å²) in [5, 5.41) is 8.90. The van der Waals surface area contributed by atoms with Crippen molar-refractivity contribution in [3.63, 3.8) is 0 Å². The summed E-state index contributed by atoms with van der Waals surface area (Å²) < 4.78 is 5.87. The Hall–Kier alpha value is -1.06. The van der Waals surface area contributed by atoms with Crippen LogP contribution in [0.15, 0.2) is 0 Å². The van der Waals surface area contributed by atoms with E-state index in [0.717, 1.165) is 38.5 Å². The molecule has 0 amide bonds. The number of rotatable bonds is 35. The lowest BCUT2D eigenvalue weighted by atomic mass is 10.0. The Balaban J connectivity index is 3.70. The van der Waals surface area contributed by atoms with Crippen molar-refractivity contribution in [2.24, 2.45) is 0 Å². The molecule has 0 saturated heterocycles. The summed E-state index contributed by atoms with van der Waals surface area (Å²) in [6.07, 6.45) is 39.8. The number of unbranched alkanes of at least 4 members (excludes halogenated alkanes) is 26. The van der Waals surface area contributed by atoms with E-state index in [-0.39, 0.29) is 18.5 Å². The third-order valence-electron chi connectivity index (χ3n) is 8.83. The maximum atomic E-state index is 12.5. The van der Waals surface area contributed by atoms with Gasteiger partial charge in [-0.1, -0.05) is 174 Å². The Morgan fingerprint density at radius 2 is 0.714 bits per heavy atom. The summed E-state index contributed by atoms with van der Waals surface area (Å²) in [6.45, 7) is 4.54. The second-order valence-corrected chi connectivity index (χ2v) is 13.1. The van der Waals surface area contributed by atoms with Crippen molar-refractivity contribution in [3.8, 4) is 0 Å². The summed E-state index contributed by atoms with van der Waals surface area (Å²) in [7, 11) is 0. The van der Waals surface area contributed by atoms with E-state index in [0.29, 0.717) is 12.8 Å². The average Bonchev–Trinajstić information content (AvgIpc) is 2.97. The van der Waals surface area contributed by atoms with E-state index >= 15 is 0 Å². The molecule has 1 N–H and O–H groups in total. The molecule has 0 radical (unpaired) electrons. The van der Waals surface area contributed by atoms with Gasteiger partial charge in [0.15, 0.2) is 0 Å². The monoisotopic (exact) mass is 595 g/mol. The van der Waals surface area contributed by atoms with Gasteiger partial charge in [-0.05, 0) is 38.5 Å². The minimum absolute atomic E-state index is 0.0355. The van der Waals surface area contributed by atoms with Gasteiger partial charge in [0.2, 0.25) is 0 Å². The minimum atomic E-state index is -0.740. The van der Waals surface area contributed by atoms with Crippen molar-refractivity contribution in [3.05, 3.63) is 0 Å². The average molecular weight is 595 g/mol. The van der Waals surface area contributed by atoms with Gasteiger partial charge in [-0.2, -0.15) is 0 Å². The van der Waals surface area contributed by atoms with E-state index < -0.39 is 5.97 Å². The van der Waals surface area contributed by atoms with Crippen LogP contribution >= 0.6 is 0 Å². The molecule has 1 atom stereocenters. The van der Waals surface area contributed by atoms with Crippen molar-refractivity contribution >= 4 is 11.9 Å². The standard InChI is InChI=1S/C38H74O4/c1-3-5-7-9-11-13-14-15-16-17-18-19-20-21-22-23-25-27-29-35-38(41)42-36(33-30-31-34-37(39)40)32-28-26-24-12-10-8-6-4-2/h36H,3-35H2,1-2H3,(H,39,40). The van der Waals surface area contributed by atoms with Crippen molar-refractivity contribution in [1.82, 2.24) is 0 Å². The molecule has 0 aromatic rings. The maximum absolute atomic E-state index is 12.5. The fourth-order valence-corrected chi connectivity index (χ4v) is 6.01. The first kappa shape index (κ1) is 40.9. The quantitative estimate of drug-likeness (QED) is 0.0585. The van der Waals surface area contributed by atoms with Gasteiger partial charge in [-0.15, -0.1) is 0 Å². The van der Waals surface area contributed by atoms with Gasteiger partial charge in [-0.3, -0.25) is 9.59 Å². The predicted molar refractivity (Wildman–Crippen MR) is 181 cm³/mol. The van der Waals surface area contributed by atoms with Crippen LogP contribution in [-0.4, -0.2) is 23.1 Å². The van der Waals surface area contributed by atoms with Crippen molar-refractivity contribution in [2.75, 3.05) is 0 Å². The summed E-state index contributed by atoms with van der Waals surface area (Å²) in [6, 6.07) is 0. The molecule has 0 saturated carbocycles. The zero-order valence-corrected chi connectivity index (χ0v) is 28.6. The Labute approximate surface area is 262 Å². The van der Waals surface area contributed by atoms with E-state index in [9.17, 15) is 9.59 Å². The van der Waals surface area contributed by atoms with Crippen molar-refractivity contribution in [1.29, 1.82) is 0 Å². The van der Waals surface area contributed by atoms with Crippen LogP contribution in [0.3, 0.4) is 0 Å². The second-order valence-electron chi connectivity index (χ2n) is 13.1. The highest BCUT2D eigenvalue weighted by atomic mass is 16.5. The largest absolute Gasteiger partial charge is 0.481 e. The van der Waals surface area contributed by atoms with Crippen molar-refractivity contribution in [2.45, 2.75) is 232 Å². The molecule has 0 aromatic carbocycles. The smallest absolute Gasteiger partial charge is 0.306 e. The van der Waals surface area contributed by atoms with Crippen LogP contribution < -0.4 is 0 Å². The lowest BCUT2D eigenvalue weighted by Gasteiger charge is -2.18. The Bertz CT molecular complexity index is 561. The van der Waals surface area contributed by atoms with Crippen LogP contribution in [0.2, 0.25) is 0 Å². The second kappa shape index (κ2) is 34.4. The SMILES string of the molecule is CCCCCCCCCCCCCCCCCCCCCC(=O)OC(CCCCCCCCCC)CCCCC(=O)O. The first-order valence-electron chi connectivity index (χ1n) is 19.0. The molecule has 0 rings (SSSR count). The first-order valence-corrected chi connectivity index (χ1v) is 19.0. The van der Waals surface area contributed by atoms with E-state index in [1.807, 2.05) is 0 Å². The number of hydrogen-bond acceptors (Lipinski definition) is 3. The van der Waals surface area contributed by atoms with E-state index in [1.54, 1.807) is 0 Å². The summed E-state index contributed by atoms with van der Waals surface area (Å²) in [5.41, 5.74) is 0. The summed E-state index contributed by atoms with van der Waals surface area (Å²) in [5.74, 6) is -0.791. The van der Waals surface area contributed by atoms with Gasteiger partial charge >= 0.3 is 11.9 Å². The highest BCUT2D eigenvalue weighted by Crippen LogP contribution is 2.18. The number of carboxylic acid groups (broad SMARTS) is 1. The summed E-state index contributed by atoms with van der Waals surface area (Å²) in [4.78, 5) is 23.3. The Kier molecular flexibility index (Phi) is 33.6. The molecule has 0 fully saturated rings. The fourth-order valence-electron chi connectivity index (χ4n) is 6.01. The molecule has 250 valence electrons. The number of carbonyl (C=O) groups excluding carboxylic acids is 1. The minimum Gasteiger partial charge on any atom is -0.481 e. The van der Waals surface area contributed by atoms with Gasteiger partial charge in [0, 0.05) is 12.8 Å². The van der Waals surface area contributed by atoms with Crippen LogP contribution in [0.25, 0.3) is 0 Å². The lowest BCUT2D eigenvalue weighted by molar-refractivity contribution is -0.150. The fraction of sp³-hybridized carbons (Fsp3) is 0.947. The van der Waals surface area contributed by atoms with Crippen LogP contribution in [0.5, 0.6) is 0 Å². The molecule has 4 nitrogen and oxygen atoms in total. The lowest BCUT2D eigenvalue weighted by Crippen LogP contribution is -2.18. The molecule has 0 aromatic heterocycles. The highest BCUT2D eigenvalue weighted by Gasteiger charge is 2.14. The number of aliphatic carboxylic acids is 1. The molecule has 0 spiro atoms. The van der Waals surface area contributed by atoms with Crippen LogP contribution in [0, 0.1) is 0 Å². The number of carboxylic acids is 1. The zero-order chi connectivity index (χ0) is 30.8. The van der Waals surface area contributed by atoms with Crippen LogP contribution in [-0.2, 0) is 14.3 Å². The molecular weight excluding hydrogens is 520 g/mol. The molecular formula is C38H74O4. The normalized spacial score (nSPS) is 12.0. The molecule has 0 aliphatic rings. The predicted octanol–water partition coefficient (Wildman–Crippen LogP) is 12.9. The van der Waals surface area contributed by atoms with Crippen molar-refractivity contribution < 1.29 is 19.4 Å². The third-order valence-corrected chi connectivity index (χ3v) is 8.83. The van der Waals surface area contributed by atoms with Gasteiger partial charge < -0.3 is 9.84 Å². The molecule has 0 heterocycles. The van der Waals surface area contributed by atoms with E-state index in [1.165, 1.54) is 154 Å². The van der Waals surface area contributed by atoms with Gasteiger partial charge in [-0.25, -0.2) is 0 Å². The third kappa shape index (κ3) is 33.4. The number of esters is 1. The van der Waals surface area contributed by atoms with Crippen LogP contribution in [0.4, 0.5) is 0 Å². The molecule has 4 heteroatoms. The molecule has 1 unspecified atom stereocenters. The molecule has 0 aliphatic carbocycles. The van der Waals surface area contributed by atoms with Gasteiger partial charge in [0.05, 0.1) is 0 Å². The van der Waals surface area contributed by atoms with E-state index in [2.05, 4.69) is 13.8 Å². The molecule has 42 heavy (non-hydrogen) atoms. The van der Waals surface area contributed by atoms with Gasteiger partial charge in [0.1, 0.15) is 6.10 Å². The first-order chi connectivity index (χ1) is 20.6. The maximum Gasteiger partial charge on any atom is 0.306 e. The number of hydrogen-bond donors (Lipinski definition) is 1. The Morgan fingerprint density at radius 1 is 0.429 bits per heavy atom. The highest BCUT2D eigenvalue weighted by molar-refractivity contribution is 5.69. The Morgan fingerprint density at radius 3 is 1.07 bits per heavy atom.